The highest BCUT2D eigenvalue weighted by Gasteiger charge is 2.26. The average Bonchev–Trinajstić information content (AvgIpc) is 2.88. The molecule has 194 valence electrons. The van der Waals surface area contributed by atoms with Crippen molar-refractivity contribution in [3.05, 3.63) is 23.8 Å². The van der Waals surface area contributed by atoms with E-state index < -0.39 is 0 Å². The van der Waals surface area contributed by atoms with Gasteiger partial charge in [-0.3, -0.25) is 0 Å². The van der Waals surface area contributed by atoms with Gasteiger partial charge in [-0.15, -0.1) is 0 Å². The van der Waals surface area contributed by atoms with Gasteiger partial charge in [-0.25, -0.2) is 0 Å². The van der Waals surface area contributed by atoms with E-state index in [1.807, 2.05) is 0 Å². The highest BCUT2D eigenvalue weighted by molar-refractivity contribution is 5.43. The largest absolute Gasteiger partial charge is 0.494 e. The minimum absolute atomic E-state index is 0.636. The Morgan fingerprint density at radius 2 is 1.32 bits per heavy atom. The molecule has 2 fully saturated rings. The minimum Gasteiger partial charge on any atom is -0.494 e. The molecule has 2 saturated carbocycles. The maximum Gasteiger partial charge on any atom is 0.123 e. The first kappa shape index (κ1) is 27.4. The zero-order valence-corrected chi connectivity index (χ0v) is 22.8. The van der Waals surface area contributed by atoms with Gasteiger partial charge in [-0.2, -0.15) is 0 Å². The number of hydrogen-bond acceptors (Lipinski definition) is 2. The quantitative estimate of drug-likeness (QED) is 0.237. The Morgan fingerprint density at radius 3 is 2.03 bits per heavy atom. The Morgan fingerprint density at radius 1 is 0.647 bits per heavy atom. The maximum absolute atomic E-state index is 6.56. The van der Waals surface area contributed by atoms with E-state index in [2.05, 4.69) is 39.0 Å². The van der Waals surface area contributed by atoms with Crippen molar-refractivity contribution < 1.29 is 9.47 Å². The molecule has 1 aromatic rings. The van der Waals surface area contributed by atoms with Crippen molar-refractivity contribution >= 4 is 0 Å². The summed E-state index contributed by atoms with van der Waals surface area (Å²) in [5.74, 6) is 5.45. The molecule has 0 radical (unpaired) electrons. The molecule has 0 bridgehead atoms. The van der Waals surface area contributed by atoms with Crippen LogP contribution in [0.1, 0.15) is 141 Å². The molecule has 0 amide bonds. The van der Waals surface area contributed by atoms with Gasteiger partial charge in [0.1, 0.15) is 11.5 Å². The SMILES string of the molecule is CCCCCCCC1CCC(c2cc(OCCC)ccc2OCC2CCC(CCC)CC2)CC1. The van der Waals surface area contributed by atoms with Gasteiger partial charge in [0, 0.05) is 5.56 Å². The summed E-state index contributed by atoms with van der Waals surface area (Å²) in [4.78, 5) is 0. The molecule has 0 aromatic heterocycles. The highest BCUT2D eigenvalue weighted by Crippen LogP contribution is 2.43. The normalized spacial score (nSPS) is 25.3. The van der Waals surface area contributed by atoms with Crippen LogP contribution in [0.25, 0.3) is 0 Å². The molecule has 2 aliphatic carbocycles. The van der Waals surface area contributed by atoms with Crippen LogP contribution >= 0.6 is 0 Å². The molecule has 2 nitrogen and oxygen atoms in total. The Labute approximate surface area is 211 Å². The second-order valence-electron chi connectivity index (χ2n) is 11.5. The summed E-state index contributed by atoms with van der Waals surface area (Å²) in [6.45, 7) is 8.50. The molecule has 34 heavy (non-hydrogen) atoms. The molecule has 1 aromatic carbocycles. The summed E-state index contributed by atoms with van der Waals surface area (Å²) >= 11 is 0. The summed E-state index contributed by atoms with van der Waals surface area (Å²) in [6, 6.07) is 6.66. The average molecular weight is 471 g/mol. The van der Waals surface area contributed by atoms with Crippen LogP contribution in [0.2, 0.25) is 0 Å². The summed E-state index contributed by atoms with van der Waals surface area (Å²) in [6.07, 6.45) is 23.2. The van der Waals surface area contributed by atoms with Crippen molar-refractivity contribution in [3.8, 4) is 11.5 Å². The van der Waals surface area contributed by atoms with Gasteiger partial charge in [0.25, 0.3) is 0 Å². The maximum atomic E-state index is 6.56. The van der Waals surface area contributed by atoms with Gasteiger partial charge in [-0.1, -0.05) is 85.0 Å². The predicted octanol–water partition coefficient (Wildman–Crippen LogP) is 10.1. The van der Waals surface area contributed by atoms with Crippen LogP contribution in [0, 0.1) is 17.8 Å². The second kappa shape index (κ2) is 15.7. The molecular weight excluding hydrogens is 416 g/mol. The zero-order valence-electron chi connectivity index (χ0n) is 22.8. The third kappa shape index (κ3) is 9.12. The van der Waals surface area contributed by atoms with E-state index >= 15 is 0 Å². The molecule has 0 N–H and O–H groups in total. The third-order valence-corrected chi connectivity index (χ3v) is 8.59. The fourth-order valence-electron chi connectivity index (χ4n) is 6.39. The molecule has 2 aliphatic rings. The van der Waals surface area contributed by atoms with E-state index in [0.29, 0.717) is 5.92 Å². The van der Waals surface area contributed by atoms with E-state index in [9.17, 15) is 0 Å². The van der Waals surface area contributed by atoms with Crippen LogP contribution in [-0.4, -0.2) is 13.2 Å². The van der Waals surface area contributed by atoms with Gasteiger partial charge in [0.05, 0.1) is 13.2 Å². The first-order valence-corrected chi connectivity index (χ1v) is 15.1. The van der Waals surface area contributed by atoms with Crippen LogP contribution in [0.15, 0.2) is 18.2 Å². The lowest BCUT2D eigenvalue weighted by molar-refractivity contribution is 0.176. The van der Waals surface area contributed by atoms with Crippen molar-refractivity contribution in [2.75, 3.05) is 13.2 Å². The van der Waals surface area contributed by atoms with Crippen LogP contribution in [-0.2, 0) is 0 Å². The monoisotopic (exact) mass is 470 g/mol. The third-order valence-electron chi connectivity index (χ3n) is 8.59. The van der Waals surface area contributed by atoms with Gasteiger partial charge in [0.2, 0.25) is 0 Å². The standard InChI is InChI=1S/C32H54O2/c1-4-7-8-9-10-12-27-17-19-29(20-18-27)31-24-30(33-23-6-3)21-22-32(31)34-25-28-15-13-26(11-5-2)14-16-28/h21-22,24,26-29H,4-20,23,25H2,1-3H3. The number of rotatable bonds is 15. The lowest BCUT2D eigenvalue weighted by atomic mass is 9.76. The predicted molar refractivity (Wildman–Crippen MR) is 146 cm³/mol. The Bertz CT molecular complexity index is 653. The fraction of sp³-hybridized carbons (Fsp3) is 0.812. The van der Waals surface area contributed by atoms with Crippen LogP contribution in [0.4, 0.5) is 0 Å². The van der Waals surface area contributed by atoms with E-state index in [1.165, 1.54) is 108 Å². The van der Waals surface area contributed by atoms with E-state index in [4.69, 9.17) is 9.47 Å². The number of unbranched alkanes of at least 4 members (excludes halogenated alkanes) is 4. The number of benzene rings is 1. The van der Waals surface area contributed by atoms with Crippen molar-refractivity contribution in [2.24, 2.45) is 17.8 Å². The van der Waals surface area contributed by atoms with Crippen molar-refractivity contribution in [2.45, 2.75) is 136 Å². The second-order valence-corrected chi connectivity index (χ2v) is 11.5. The Hall–Kier alpha value is -1.18. The number of ether oxygens (including phenoxy) is 2. The van der Waals surface area contributed by atoms with E-state index in [-0.39, 0.29) is 0 Å². The minimum atomic E-state index is 0.636. The summed E-state index contributed by atoms with van der Waals surface area (Å²) in [5, 5.41) is 0. The molecule has 0 atom stereocenters. The Balaban J connectivity index is 1.53. The summed E-state index contributed by atoms with van der Waals surface area (Å²) in [5.41, 5.74) is 1.43. The number of hydrogen-bond donors (Lipinski definition) is 0. The summed E-state index contributed by atoms with van der Waals surface area (Å²) < 4.78 is 12.6. The smallest absolute Gasteiger partial charge is 0.123 e. The molecule has 0 unspecified atom stereocenters. The first-order chi connectivity index (χ1) is 16.7. The van der Waals surface area contributed by atoms with Crippen LogP contribution in [0.5, 0.6) is 11.5 Å². The van der Waals surface area contributed by atoms with Crippen molar-refractivity contribution in [1.82, 2.24) is 0 Å². The molecule has 0 saturated heterocycles. The lowest BCUT2D eigenvalue weighted by Gasteiger charge is -2.31. The summed E-state index contributed by atoms with van der Waals surface area (Å²) in [7, 11) is 0. The molecule has 0 spiro atoms. The molecule has 3 rings (SSSR count). The molecule has 0 aliphatic heterocycles. The zero-order chi connectivity index (χ0) is 24.0. The molecule has 0 heterocycles. The van der Waals surface area contributed by atoms with Gasteiger partial charge in [-0.05, 0) is 86.8 Å². The van der Waals surface area contributed by atoms with Crippen molar-refractivity contribution in [1.29, 1.82) is 0 Å². The van der Waals surface area contributed by atoms with Gasteiger partial charge < -0.3 is 9.47 Å². The van der Waals surface area contributed by atoms with Gasteiger partial charge >= 0.3 is 0 Å². The van der Waals surface area contributed by atoms with E-state index in [0.717, 1.165) is 48.9 Å². The first-order valence-electron chi connectivity index (χ1n) is 15.1. The van der Waals surface area contributed by atoms with E-state index in [1.54, 1.807) is 0 Å². The highest BCUT2D eigenvalue weighted by atomic mass is 16.5. The topological polar surface area (TPSA) is 18.5 Å². The lowest BCUT2D eigenvalue weighted by Crippen LogP contribution is -2.21. The fourth-order valence-corrected chi connectivity index (χ4v) is 6.39. The van der Waals surface area contributed by atoms with Crippen LogP contribution in [0.3, 0.4) is 0 Å². The molecule has 2 heteroatoms. The molecular formula is C32H54O2. The van der Waals surface area contributed by atoms with Crippen molar-refractivity contribution in [3.63, 3.8) is 0 Å². The van der Waals surface area contributed by atoms with Crippen LogP contribution < -0.4 is 9.47 Å². The van der Waals surface area contributed by atoms with Gasteiger partial charge in [0.15, 0.2) is 0 Å². The Kier molecular flexibility index (Phi) is 12.7.